The van der Waals surface area contributed by atoms with Crippen molar-refractivity contribution in [2.24, 2.45) is 0 Å². The molecule has 0 saturated carbocycles. The molecule has 1 amide bonds. The first kappa shape index (κ1) is 12.8. The molecule has 19 heavy (non-hydrogen) atoms. The molecule has 1 aromatic rings. The van der Waals surface area contributed by atoms with Crippen LogP contribution in [0.3, 0.4) is 0 Å². The number of anilines is 1. The lowest BCUT2D eigenvalue weighted by Crippen LogP contribution is -2.37. The highest BCUT2D eigenvalue weighted by Crippen LogP contribution is 2.31. The zero-order valence-electron chi connectivity index (χ0n) is 10.6. The van der Waals surface area contributed by atoms with Crippen LogP contribution in [0.2, 0.25) is 0 Å². The molecule has 4 nitrogen and oxygen atoms in total. The fraction of sp³-hybridized carbons (Fsp3) is 0.429. The molecule has 1 aromatic carbocycles. The van der Waals surface area contributed by atoms with E-state index in [4.69, 9.17) is 0 Å². The number of likely N-dealkylation sites (tertiary alicyclic amines) is 1. The van der Waals surface area contributed by atoms with Crippen LogP contribution in [0.4, 0.5) is 5.69 Å². The summed E-state index contributed by atoms with van der Waals surface area (Å²) in [5.74, 6) is -0.781. The zero-order valence-corrected chi connectivity index (χ0v) is 12.1. The first-order valence-corrected chi connectivity index (χ1v) is 7.34. The van der Waals surface area contributed by atoms with E-state index in [-0.39, 0.29) is 5.78 Å². The van der Waals surface area contributed by atoms with Crippen molar-refractivity contribution in [1.82, 2.24) is 4.90 Å². The van der Waals surface area contributed by atoms with Crippen LogP contribution in [0.5, 0.6) is 0 Å². The van der Waals surface area contributed by atoms with E-state index in [1.165, 1.54) is 12.8 Å². The molecule has 0 aliphatic carbocycles. The number of hydrogen-bond donors (Lipinski definition) is 0. The van der Waals surface area contributed by atoms with Crippen molar-refractivity contribution in [2.75, 3.05) is 31.1 Å². The van der Waals surface area contributed by atoms with E-state index >= 15 is 0 Å². The van der Waals surface area contributed by atoms with Crippen molar-refractivity contribution >= 4 is 33.3 Å². The van der Waals surface area contributed by atoms with E-state index in [1.807, 2.05) is 6.07 Å². The maximum Gasteiger partial charge on any atom is 0.299 e. The number of halogens is 1. The molecule has 0 aromatic heterocycles. The molecule has 5 heteroatoms. The largest absolute Gasteiger partial charge is 0.303 e. The minimum absolute atomic E-state index is 0.385. The van der Waals surface area contributed by atoms with Crippen LogP contribution in [0.15, 0.2) is 22.7 Å². The van der Waals surface area contributed by atoms with Gasteiger partial charge in [-0.15, -0.1) is 0 Å². The smallest absolute Gasteiger partial charge is 0.299 e. The lowest BCUT2D eigenvalue weighted by Gasteiger charge is -2.21. The van der Waals surface area contributed by atoms with Gasteiger partial charge in [-0.05, 0) is 44.1 Å². The van der Waals surface area contributed by atoms with Crippen molar-refractivity contribution in [1.29, 1.82) is 0 Å². The highest BCUT2D eigenvalue weighted by molar-refractivity contribution is 9.10. The van der Waals surface area contributed by atoms with E-state index in [2.05, 4.69) is 20.8 Å². The maximum atomic E-state index is 12.0. The van der Waals surface area contributed by atoms with Gasteiger partial charge in [-0.2, -0.15) is 0 Å². The average Bonchev–Trinajstić information content (AvgIpc) is 2.98. The van der Waals surface area contributed by atoms with E-state index < -0.39 is 5.91 Å². The van der Waals surface area contributed by atoms with Gasteiger partial charge in [0.2, 0.25) is 0 Å². The maximum absolute atomic E-state index is 12.0. The molecule has 0 bridgehead atoms. The third kappa shape index (κ3) is 2.32. The molecule has 2 heterocycles. The monoisotopic (exact) mass is 322 g/mol. The van der Waals surface area contributed by atoms with Gasteiger partial charge in [0.05, 0.1) is 11.3 Å². The van der Waals surface area contributed by atoms with E-state index in [0.717, 1.165) is 29.8 Å². The predicted molar refractivity (Wildman–Crippen MR) is 76.5 cm³/mol. The Hall–Kier alpha value is -1.20. The topological polar surface area (TPSA) is 40.6 Å². The molecule has 1 fully saturated rings. The number of nitrogens with zero attached hydrogens (tertiary/aromatic N) is 2. The number of fused-ring (bicyclic) bond motifs is 1. The summed E-state index contributed by atoms with van der Waals surface area (Å²) in [4.78, 5) is 27.9. The summed E-state index contributed by atoms with van der Waals surface area (Å²) in [5.41, 5.74) is 1.26. The summed E-state index contributed by atoms with van der Waals surface area (Å²) in [6.45, 7) is 3.63. The second-order valence-electron chi connectivity index (χ2n) is 5.00. The molecule has 100 valence electrons. The van der Waals surface area contributed by atoms with Crippen molar-refractivity contribution in [2.45, 2.75) is 12.8 Å². The van der Waals surface area contributed by atoms with Crippen LogP contribution in [0.25, 0.3) is 0 Å². The van der Waals surface area contributed by atoms with Crippen LogP contribution in [-0.4, -0.2) is 42.8 Å². The minimum Gasteiger partial charge on any atom is -0.303 e. The van der Waals surface area contributed by atoms with Gasteiger partial charge in [0.1, 0.15) is 0 Å². The zero-order chi connectivity index (χ0) is 13.4. The highest BCUT2D eigenvalue weighted by Gasteiger charge is 2.35. The molecule has 0 unspecified atom stereocenters. The molecule has 0 N–H and O–H groups in total. The number of ketones is 1. The van der Waals surface area contributed by atoms with Gasteiger partial charge < -0.3 is 9.80 Å². The van der Waals surface area contributed by atoms with Gasteiger partial charge in [0.15, 0.2) is 0 Å². The van der Waals surface area contributed by atoms with Crippen LogP contribution in [0.1, 0.15) is 23.2 Å². The standard InChI is InChI=1S/C14H15BrN2O2/c15-10-3-4-11-12(9-10)17(14(19)13(11)18)8-7-16-5-1-2-6-16/h3-4,9H,1-2,5-8H2. The summed E-state index contributed by atoms with van der Waals surface area (Å²) in [7, 11) is 0. The van der Waals surface area contributed by atoms with Crippen LogP contribution in [0, 0.1) is 0 Å². The van der Waals surface area contributed by atoms with E-state index in [9.17, 15) is 9.59 Å². The number of hydrogen-bond acceptors (Lipinski definition) is 3. The van der Waals surface area contributed by atoms with Gasteiger partial charge in [0, 0.05) is 17.6 Å². The van der Waals surface area contributed by atoms with Crippen molar-refractivity contribution < 1.29 is 9.59 Å². The number of carbonyl (C=O) groups excluding carboxylic acids is 2. The minimum atomic E-state index is -0.396. The Balaban J connectivity index is 1.79. The van der Waals surface area contributed by atoms with Gasteiger partial charge in [0.25, 0.3) is 11.7 Å². The van der Waals surface area contributed by atoms with Gasteiger partial charge >= 0.3 is 0 Å². The number of benzene rings is 1. The molecule has 2 aliphatic rings. The number of amides is 1. The average molecular weight is 323 g/mol. The quantitative estimate of drug-likeness (QED) is 0.800. The Morgan fingerprint density at radius 2 is 1.84 bits per heavy atom. The molecule has 0 atom stereocenters. The summed E-state index contributed by atoms with van der Waals surface area (Å²) < 4.78 is 0.889. The summed E-state index contributed by atoms with van der Waals surface area (Å²) in [6.07, 6.45) is 2.46. The van der Waals surface area contributed by atoms with Crippen LogP contribution < -0.4 is 4.90 Å². The molecule has 3 rings (SSSR count). The lowest BCUT2D eigenvalue weighted by atomic mass is 10.1. The molecular formula is C14H15BrN2O2. The van der Waals surface area contributed by atoms with Crippen molar-refractivity contribution in [3.63, 3.8) is 0 Å². The summed E-state index contributed by atoms with van der Waals surface area (Å²) in [6, 6.07) is 5.37. The third-order valence-corrected chi connectivity index (χ3v) is 4.27. The van der Waals surface area contributed by atoms with Crippen LogP contribution >= 0.6 is 15.9 Å². The Kier molecular flexibility index (Phi) is 3.41. The fourth-order valence-electron chi connectivity index (χ4n) is 2.74. The Morgan fingerprint density at radius 3 is 2.58 bits per heavy atom. The molecule has 0 radical (unpaired) electrons. The van der Waals surface area contributed by atoms with Crippen LogP contribution in [-0.2, 0) is 4.79 Å². The Morgan fingerprint density at radius 1 is 1.11 bits per heavy atom. The lowest BCUT2D eigenvalue weighted by molar-refractivity contribution is -0.114. The third-order valence-electron chi connectivity index (χ3n) is 3.77. The second kappa shape index (κ2) is 5.06. The van der Waals surface area contributed by atoms with Gasteiger partial charge in [-0.1, -0.05) is 15.9 Å². The predicted octanol–water partition coefficient (Wildman–Crippen LogP) is 2.07. The molecule has 0 spiro atoms. The molecule has 2 aliphatic heterocycles. The first-order valence-electron chi connectivity index (χ1n) is 6.55. The van der Waals surface area contributed by atoms with Gasteiger partial charge in [-0.25, -0.2) is 0 Å². The first-order chi connectivity index (χ1) is 9.16. The molecular weight excluding hydrogens is 308 g/mol. The highest BCUT2D eigenvalue weighted by atomic mass is 79.9. The summed E-state index contributed by atoms with van der Waals surface area (Å²) >= 11 is 3.39. The second-order valence-corrected chi connectivity index (χ2v) is 5.91. The Bertz CT molecular complexity index is 538. The van der Waals surface area contributed by atoms with E-state index in [0.29, 0.717) is 12.1 Å². The van der Waals surface area contributed by atoms with Crippen molar-refractivity contribution in [3.8, 4) is 0 Å². The van der Waals surface area contributed by atoms with Gasteiger partial charge in [-0.3, -0.25) is 9.59 Å². The van der Waals surface area contributed by atoms with E-state index in [1.54, 1.807) is 17.0 Å². The summed E-state index contributed by atoms with van der Waals surface area (Å²) in [5, 5.41) is 0. The fourth-order valence-corrected chi connectivity index (χ4v) is 3.09. The number of rotatable bonds is 3. The SMILES string of the molecule is O=C1C(=O)N(CCN2CCCC2)c2cc(Br)ccc21. The Labute approximate surface area is 120 Å². The molecule has 1 saturated heterocycles. The number of carbonyl (C=O) groups is 2. The number of Topliss-reactive ketones (excluding diaryl/α,β-unsaturated/α-hetero) is 1. The van der Waals surface area contributed by atoms with Crippen molar-refractivity contribution in [3.05, 3.63) is 28.2 Å². The normalized spacial score (nSPS) is 19.3.